The molecule has 2 heterocycles. The molecule has 1 aliphatic carbocycles. The van der Waals surface area contributed by atoms with Crippen LogP contribution in [0, 0.1) is 0 Å². The molecule has 1 aromatic rings. The molecule has 0 radical (unpaired) electrons. The van der Waals surface area contributed by atoms with Crippen LogP contribution in [0.4, 0.5) is 0 Å². The van der Waals surface area contributed by atoms with Gasteiger partial charge in [-0.15, -0.1) is 0 Å². The summed E-state index contributed by atoms with van der Waals surface area (Å²) in [5, 5.41) is 5.31. The first-order chi connectivity index (χ1) is 15.7. The highest BCUT2D eigenvalue weighted by Crippen LogP contribution is 2.32. The van der Waals surface area contributed by atoms with Crippen LogP contribution in [0.25, 0.3) is 0 Å². The first-order valence-corrected chi connectivity index (χ1v) is 12.3. The first-order valence-electron chi connectivity index (χ1n) is 11.4. The van der Waals surface area contributed by atoms with Crippen molar-refractivity contribution in [2.24, 2.45) is 0 Å². The van der Waals surface area contributed by atoms with Gasteiger partial charge in [-0.25, -0.2) is 0 Å². The number of piperidine rings is 1. The van der Waals surface area contributed by atoms with Crippen LogP contribution < -0.4 is 5.32 Å². The van der Waals surface area contributed by atoms with E-state index in [1.165, 1.54) is 0 Å². The van der Waals surface area contributed by atoms with E-state index < -0.39 is 0 Å². The molecule has 32 heavy (non-hydrogen) atoms. The van der Waals surface area contributed by atoms with Crippen molar-refractivity contribution in [3.05, 3.63) is 82.4 Å². The van der Waals surface area contributed by atoms with Crippen molar-refractivity contribution in [1.82, 2.24) is 15.1 Å². The van der Waals surface area contributed by atoms with Crippen molar-refractivity contribution in [2.45, 2.75) is 38.1 Å². The van der Waals surface area contributed by atoms with Crippen LogP contribution in [-0.2, 0) is 16.0 Å². The van der Waals surface area contributed by atoms with Gasteiger partial charge in [-0.05, 0) is 48.4 Å². The highest BCUT2D eigenvalue weighted by atomic mass is 32.2. The molecule has 168 valence electrons. The number of nitrogens with one attached hydrogen (secondary N) is 1. The van der Waals surface area contributed by atoms with Gasteiger partial charge in [0.25, 0.3) is 0 Å². The van der Waals surface area contributed by atoms with Crippen LogP contribution in [0.5, 0.6) is 0 Å². The summed E-state index contributed by atoms with van der Waals surface area (Å²) in [6, 6.07) is 10.2. The number of benzene rings is 1. The van der Waals surface area contributed by atoms with Crippen molar-refractivity contribution in [1.29, 1.82) is 0 Å². The van der Waals surface area contributed by atoms with Gasteiger partial charge in [-0.2, -0.15) is 0 Å². The fraction of sp³-hybridized carbons (Fsp3) is 0.385. The van der Waals surface area contributed by atoms with Crippen LogP contribution in [-0.4, -0.2) is 53.7 Å². The average Bonchev–Trinajstić information content (AvgIpc) is 2.81. The van der Waals surface area contributed by atoms with Crippen molar-refractivity contribution in [2.75, 3.05) is 26.2 Å². The molecule has 1 fully saturated rings. The number of likely N-dealkylation sites (tertiary alicyclic amines) is 1. The quantitative estimate of drug-likeness (QED) is 0.650. The van der Waals surface area contributed by atoms with E-state index in [4.69, 9.17) is 0 Å². The lowest BCUT2D eigenvalue weighted by molar-refractivity contribution is -0.121. The number of amides is 1. The minimum Gasteiger partial charge on any atom is -0.353 e. The summed E-state index contributed by atoms with van der Waals surface area (Å²) in [5.74, 6) is 0.294. The molecule has 2 aliphatic heterocycles. The molecular formula is C26H31N3O2S. The van der Waals surface area contributed by atoms with Gasteiger partial charge >= 0.3 is 0 Å². The second kappa shape index (κ2) is 11.3. The predicted octanol–water partition coefficient (Wildman–Crippen LogP) is 4.02. The minimum absolute atomic E-state index is 0.122. The second-order valence-electron chi connectivity index (χ2n) is 8.53. The van der Waals surface area contributed by atoms with Gasteiger partial charge in [0.05, 0.1) is 6.42 Å². The van der Waals surface area contributed by atoms with E-state index in [-0.39, 0.29) is 17.7 Å². The molecule has 1 aromatic carbocycles. The van der Waals surface area contributed by atoms with Gasteiger partial charge in [0, 0.05) is 49.4 Å². The molecule has 6 heteroatoms. The maximum atomic E-state index is 12.3. The average molecular weight is 450 g/mol. The predicted molar refractivity (Wildman–Crippen MR) is 131 cm³/mol. The third kappa shape index (κ3) is 6.71. The van der Waals surface area contributed by atoms with E-state index in [2.05, 4.69) is 32.9 Å². The zero-order chi connectivity index (χ0) is 22.2. The molecule has 1 amide bonds. The Labute approximate surface area is 194 Å². The molecule has 0 saturated carbocycles. The van der Waals surface area contributed by atoms with Crippen LogP contribution in [0.2, 0.25) is 0 Å². The number of carbonyl (C=O) groups excluding carboxylic acids is 2. The zero-order valence-electron chi connectivity index (χ0n) is 18.4. The minimum atomic E-state index is 0.122. The highest BCUT2D eigenvalue weighted by molar-refractivity contribution is 8.06. The summed E-state index contributed by atoms with van der Waals surface area (Å²) in [6.07, 6.45) is 13.9. The molecule has 0 spiro atoms. The van der Waals surface area contributed by atoms with Gasteiger partial charge < -0.3 is 15.1 Å². The molecule has 1 N–H and O–H groups in total. The van der Waals surface area contributed by atoms with Crippen LogP contribution >= 0.6 is 11.8 Å². The van der Waals surface area contributed by atoms with Crippen LogP contribution in [0.1, 0.15) is 31.2 Å². The van der Waals surface area contributed by atoms with Crippen molar-refractivity contribution in [3.8, 4) is 0 Å². The molecule has 0 bridgehead atoms. The topological polar surface area (TPSA) is 52.7 Å². The van der Waals surface area contributed by atoms with E-state index in [1.807, 2.05) is 42.5 Å². The number of nitrogens with zero attached hydrogens (tertiary/aromatic N) is 2. The molecular weight excluding hydrogens is 418 g/mol. The Bertz CT molecular complexity index is 928. The Morgan fingerprint density at radius 3 is 2.72 bits per heavy atom. The van der Waals surface area contributed by atoms with Crippen LogP contribution in [0.15, 0.2) is 76.8 Å². The summed E-state index contributed by atoms with van der Waals surface area (Å²) in [5.41, 5.74) is 2.17. The standard InChI is InChI=1S/C26H31N3O2S/c30-24-9-4-8-22(19-24)25-20-29(16-17-32-25)13-5-12-28-14-10-23(11-15-28)27-26(31)18-21-6-2-1-3-7-21/h1-4,6-9,16-17,20,23H,5,10-15,18-19H2,(H,27,31). The van der Waals surface area contributed by atoms with Crippen molar-refractivity contribution < 1.29 is 9.59 Å². The zero-order valence-corrected chi connectivity index (χ0v) is 19.2. The first kappa shape index (κ1) is 22.6. The Morgan fingerprint density at radius 1 is 1.12 bits per heavy atom. The molecule has 1 saturated heterocycles. The maximum absolute atomic E-state index is 12.3. The molecule has 0 aromatic heterocycles. The Hall–Kier alpha value is -2.57. The number of rotatable bonds is 8. The van der Waals surface area contributed by atoms with E-state index in [9.17, 15) is 9.59 Å². The summed E-state index contributed by atoms with van der Waals surface area (Å²) in [6.45, 7) is 4.09. The molecule has 0 atom stereocenters. The van der Waals surface area contributed by atoms with E-state index in [0.717, 1.165) is 61.5 Å². The third-order valence-corrected chi connectivity index (χ3v) is 6.92. The van der Waals surface area contributed by atoms with Gasteiger partial charge in [-0.3, -0.25) is 9.59 Å². The van der Waals surface area contributed by atoms with E-state index in [1.54, 1.807) is 17.8 Å². The van der Waals surface area contributed by atoms with Crippen molar-refractivity contribution >= 4 is 23.5 Å². The molecule has 3 aliphatic rings. The summed E-state index contributed by atoms with van der Waals surface area (Å²) in [4.78, 5) is 29.9. The third-order valence-electron chi connectivity index (χ3n) is 6.04. The smallest absolute Gasteiger partial charge is 0.224 e. The lowest BCUT2D eigenvalue weighted by atomic mass is 10.0. The second-order valence-corrected chi connectivity index (χ2v) is 9.48. The summed E-state index contributed by atoms with van der Waals surface area (Å²) in [7, 11) is 0. The highest BCUT2D eigenvalue weighted by Gasteiger charge is 2.21. The Kier molecular flexibility index (Phi) is 8.02. The van der Waals surface area contributed by atoms with Crippen molar-refractivity contribution in [3.63, 3.8) is 0 Å². The summed E-state index contributed by atoms with van der Waals surface area (Å²) >= 11 is 1.68. The number of hydrogen-bond donors (Lipinski definition) is 1. The largest absolute Gasteiger partial charge is 0.353 e. The lowest BCUT2D eigenvalue weighted by Crippen LogP contribution is -2.45. The van der Waals surface area contributed by atoms with E-state index >= 15 is 0 Å². The fourth-order valence-electron chi connectivity index (χ4n) is 4.29. The molecule has 5 nitrogen and oxygen atoms in total. The fourth-order valence-corrected chi connectivity index (χ4v) is 5.14. The molecule has 4 rings (SSSR count). The van der Waals surface area contributed by atoms with E-state index in [0.29, 0.717) is 12.8 Å². The monoisotopic (exact) mass is 449 g/mol. The summed E-state index contributed by atoms with van der Waals surface area (Å²) < 4.78 is 0. The Balaban J connectivity index is 1.15. The van der Waals surface area contributed by atoms with Gasteiger partial charge in [0.15, 0.2) is 5.78 Å². The molecule has 0 unspecified atom stereocenters. The normalized spacial score (nSPS) is 19.6. The lowest BCUT2D eigenvalue weighted by Gasteiger charge is -2.33. The SMILES string of the molecule is O=C1C=CC=C(C2=CN(CCCN3CCC(NC(=O)Cc4ccccc4)CC3)C=CS2)C1. The number of allylic oxidation sites excluding steroid dienone is 4. The van der Waals surface area contributed by atoms with Gasteiger partial charge in [0.2, 0.25) is 5.91 Å². The van der Waals surface area contributed by atoms with Gasteiger partial charge in [0.1, 0.15) is 0 Å². The Morgan fingerprint density at radius 2 is 1.94 bits per heavy atom. The van der Waals surface area contributed by atoms with Gasteiger partial charge in [-0.1, -0.05) is 54.2 Å². The number of ketones is 1. The number of hydrogen-bond acceptors (Lipinski definition) is 5. The maximum Gasteiger partial charge on any atom is 0.224 e. The number of thioether (sulfide) groups is 1. The number of carbonyl (C=O) groups is 2. The van der Waals surface area contributed by atoms with Crippen LogP contribution in [0.3, 0.4) is 0 Å².